The summed E-state index contributed by atoms with van der Waals surface area (Å²) in [7, 11) is 0. The average molecular weight is 286 g/mol. The monoisotopic (exact) mass is 286 g/mol. The van der Waals surface area contributed by atoms with Crippen LogP contribution in [-0.4, -0.2) is 11.5 Å². The lowest BCUT2D eigenvalue weighted by Gasteiger charge is -2.10. The van der Waals surface area contributed by atoms with Crippen molar-refractivity contribution in [2.24, 2.45) is 0 Å². The van der Waals surface area contributed by atoms with Crippen LogP contribution in [0.15, 0.2) is 36.4 Å². The predicted octanol–water partition coefficient (Wildman–Crippen LogP) is 4.44. The molecule has 2 rings (SSSR count). The van der Waals surface area contributed by atoms with Crippen LogP contribution in [0.3, 0.4) is 0 Å². The molecule has 0 radical (unpaired) electrons. The predicted molar refractivity (Wildman–Crippen MR) is 83.3 cm³/mol. The Morgan fingerprint density at radius 3 is 2.48 bits per heavy atom. The fraction of sp³-hybridized carbons (Fsp3) is 0.250. The molecule has 2 aromatic rings. The highest BCUT2D eigenvalue weighted by atomic mass is 16.6. The van der Waals surface area contributed by atoms with Gasteiger partial charge in [0.05, 0.1) is 11.0 Å². The van der Waals surface area contributed by atoms with E-state index >= 15 is 0 Å². The van der Waals surface area contributed by atoms with Gasteiger partial charge in [-0.1, -0.05) is 6.07 Å². The molecule has 0 aliphatic carbocycles. The number of nitrogens with zero attached hydrogens (tertiary/aromatic N) is 1. The maximum atomic E-state index is 11.0. The number of benzene rings is 2. The molecular weight excluding hydrogens is 268 g/mol. The van der Waals surface area contributed by atoms with Crippen LogP contribution in [0.2, 0.25) is 0 Å². The Labute approximate surface area is 123 Å². The Morgan fingerprint density at radius 2 is 1.86 bits per heavy atom. The second-order valence-electron chi connectivity index (χ2n) is 4.85. The Bertz CT molecular complexity index is 669. The fourth-order valence-electron chi connectivity index (χ4n) is 1.97. The first-order valence-electron chi connectivity index (χ1n) is 6.78. The molecule has 21 heavy (non-hydrogen) atoms. The summed E-state index contributed by atoms with van der Waals surface area (Å²) in [6.07, 6.45) is 0. The number of nitro groups is 1. The maximum Gasteiger partial charge on any atom is 0.275 e. The van der Waals surface area contributed by atoms with Gasteiger partial charge in [0, 0.05) is 24.4 Å². The van der Waals surface area contributed by atoms with Crippen molar-refractivity contribution in [3.8, 4) is 11.5 Å². The minimum atomic E-state index is -0.423. The first-order valence-corrected chi connectivity index (χ1v) is 6.78. The smallest absolute Gasteiger partial charge is 0.275 e. The molecule has 0 saturated heterocycles. The molecular formula is C16H18N2O3. The molecule has 0 aliphatic rings. The average Bonchev–Trinajstić information content (AvgIpc) is 2.43. The van der Waals surface area contributed by atoms with Gasteiger partial charge in [-0.2, -0.15) is 0 Å². The summed E-state index contributed by atoms with van der Waals surface area (Å²) in [4.78, 5) is 10.6. The first-order chi connectivity index (χ1) is 9.99. The van der Waals surface area contributed by atoms with E-state index < -0.39 is 4.92 Å². The van der Waals surface area contributed by atoms with Crippen LogP contribution in [0.4, 0.5) is 11.4 Å². The third kappa shape index (κ3) is 3.72. The highest BCUT2D eigenvalue weighted by Gasteiger charge is 2.11. The lowest BCUT2D eigenvalue weighted by molar-refractivity contribution is -0.384. The lowest BCUT2D eigenvalue weighted by Crippen LogP contribution is -1.98. The van der Waals surface area contributed by atoms with Crippen LogP contribution < -0.4 is 10.1 Å². The van der Waals surface area contributed by atoms with E-state index in [0.717, 1.165) is 5.56 Å². The van der Waals surface area contributed by atoms with Crippen LogP contribution in [0.5, 0.6) is 11.5 Å². The number of nitro benzene ring substituents is 1. The minimum absolute atomic E-state index is 0.00674. The molecule has 0 unspecified atom stereocenters. The Hall–Kier alpha value is -2.56. The molecule has 0 aliphatic heterocycles. The SMILES string of the molecule is CCNc1cc(Oc2ccc(C)c(C)c2)cc([N+](=O)[O-])c1. The normalized spacial score (nSPS) is 10.2. The van der Waals surface area contributed by atoms with Crippen LogP contribution in [-0.2, 0) is 0 Å². The molecule has 0 aromatic heterocycles. The summed E-state index contributed by atoms with van der Waals surface area (Å²) in [6.45, 7) is 6.64. The Kier molecular flexibility index (Phi) is 4.42. The summed E-state index contributed by atoms with van der Waals surface area (Å²) in [6, 6.07) is 10.4. The summed E-state index contributed by atoms with van der Waals surface area (Å²) >= 11 is 0. The number of nitrogens with one attached hydrogen (secondary N) is 1. The number of aryl methyl sites for hydroxylation is 2. The second-order valence-corrected chi connectivity index (χ2v) is 4.85. The molecule has 5 heteroatoms. The molecule has 0 atom stereocenters. The Balaban J connectivity index is 2.33. The molecule has 0 spiro atoms. The molecule has 0 fully saturated rings. The summed E-state index contributed by atoms with van der Waals surface area (Å²) in [5.74, 6) is 1.12. The van der Waals surface area contributed by atoms with E-state index in [0.29, 0.717) is 23.7 Å². The first kappa shape index (κ1) is 14.8. The minimum Gasteiger partial charge on any atom is -0.457 e. The maximum absolute atomic E-state index is 11.0. The van der Waals surface area contributed by atoms with E-state index in [1.165, 1.54) is 17.7 Å². The standard InChI is InChI=1S/C16H18N2O3/c1-4-17-13-8-14(18(19)20)10-16(9-13)21-15-6-5-11(2)12(3)7-15/h5-10,17H,4H2,1-3H3. The van der Waals surface area contributed by atoms with E-state index in [1.807, 2.05) is 39.0 Å². The third-order valence-electron chi connectivity index (χ3n) is 3.20. The van der Waals surface area contributed by atoms with E-state index in [2.05, 4.69) is 5.32 Å². The van der Waals surface area contributed by atoms with Crippen molar-refractivity contribution < 1.29 is 9.66 Å². The summed E-state index contributed by atoms with van der Waals surface area (Å²) < 4.78 is 5.75. The largest absolute Gasteiger partial charge is 0.457 e. The second kappa shape index (κ2) is 6.26. The van der Waals surface area contributed by atoms with E-state index in [9.17, 15) is 10.1 Å². The topological polar surface area (TPSA) is 64.4 Å². The number of rotatable bonds is 5. The number of anilines is 1. The highest BCUT2D eigenvalue weighted by Crippen LogP contribution is 2.30. The van der Waals surface area contributed by atoms with Crippen molar-refractivity contribution in [1.29, 1.82) is 0 Å². The lowest BCUT2D eigenvalue weighted by atomic mass is 10.1. The molecule has 0 amide bonds. The number of non-ortho nitro benzene ring substituents is 1. The van der Waals surface area contributed by atoms with Gasteiger partial charge in [-0.3, -0.25) is 10.1 Å². The van der Waals surface area contributed by atoms with Crippen molar-refractivity contribution in [3.63, 3.8) is 0 Å². The fourth-order valence-corrected chi connectivity index (χ4v) is 1.97. The van der Waals surface area contributed by atoms with Crippen molar-refractivity contribution in [2.45, 2.75) is 20.8 Å². The van der Waals surface area contributed by atoms with Crippen molar-refractivity contribution in [1.82, 2.24) is 0 Å². The molecule has 5 nitrogen and oxygen atoms in total. The highest BCUT2D eigenvalue weighted by molar-refractivity contribution is 5.57. The molecule has 110 valence electrons. The van der Waals surface area contributed by atoms with Crippen LogP contribution in [0.1, 0.15) is 18.1 Å². The van der Waals surface area contributed by atoms with E-state index in [-0.39, 0.29) is 5.69 Å². The van der Waals surface area contributed by atoms with Gasteiger partial charge in [-0.05, 0) is 44.0 Å². The Morgan fingerprint density at radius 1 is 1.10 bits per heavy atom. The van der Waals surface area contributed by atoms with Gasteiger partial charge < -0.3 is 10.1 Å². The summed E-state index contributed by atoms with van der Waals surface area (Å²) in [5, 5.41) is 14.0. The molecule has 1 N–H and O–H groups in total. The van der Waals surface area contributed by atoms with Gasteiger partial charge in [0.2, 0.25) is 0 Å². The van der Waals surface area contributed by atoms with Crippen molar-refractivity contribution in [2.75, 3.05) is 11.9 Å². The quantitative estimate of drug-likeness (QED) is 0.652. The number of hydrogen-bond acceptors (Lipinski definition) is 4. The van der Waals surface area contributed by atoms with Gasteiger partial charge in [0.15, 0.2) is 0 Å². The molecule has 2 aromatic carbocycles. The molecule has 0 heterocycles. The van der Waals surface area contributed by atoms with Gasteiger partial charge in [-0.15, -0.1) is 0 Å². The zero-order valence-electron chi connectivity index (χ0n) is 12.3. The number of ether oxygens (including phenoxy) is 1. The summed E-state index contributed by atoms with van der Waals surface area (Å²) in [5.41, 5.74) is 2.97. The van der Waals surface area contributed by atoms with Gasteiger partial charge in [-0.25, -0.2) is 0 Å². The molecule has 0 saturated carbocycles. The van der Waals surface area contributed by atoms with Crippen molar-refractivity contribution in [3.05, 3.63) is 57.6 Å². The van der Waals surface area contributed by atoms with Gasteiger partial charge >= 0.3 is 0 Å². The van der Waals surface area contributed by atoms with Gasteiger partial charge in [0.25, 0.3) is 5.69 Å². The third-order valence-corrected chi connectivity index (χ3v) is 3.20. The van der Waals surface area contributed by atoms with Crippen LogP contribution in [0.25, 0.3) is 0 Å². The number of hydrogen-bond donors (Lipinski definition) is 1. The van der Waals surface area contributed by atoms with E-state index in [4.69, 9.17) is 4.74 Å². The zero-order valence-corrected chi connectivity index (χ0v) is 12.3. The van der Waals surface area contributed by atoms with Gasteiger partial charge in [0.1, 0.15) is 11.5 Å². The van der Waals surface area contributed by atoms with E-state index in [1.54, 1.807) is 6.07 Å². The van der Waals surface area contributed by atoms with Crippen molar-refractivity contribution >= 4 is 11.4 Å². The van der Waals surface area contributed by atoms with Crippen LogP contribution >= 0.6 is 0 Å². The molecule has 0 bridgehead atoms. The van der Waals surface area contributed by atoms with Crippen LogP contribution in [0, 0.1) is 24.0 Å². The zero-order chi connectivity index (χ0) is 15.4.